The molecule has 0 unspecified atom stereocenters. The van der Waals surface area contributed by atoms with Crippen LogP contribution in [0, 0.1) is 11.3 Å². The minimum Gasteiger partial charge on any atom is -0.497 e. The first kappa shape index (κ1) is 17.8. The van der Waals surface area contributed by atoms with E-state index in [0.717, 1.165) is 35.8 Å². The molecule has 3 rings (SSSR count). The van der Waals surface area contributed by atoms with Crippen molar-refractivity contribution in [3.05, 3.63) is 41.7 Å². The van der Waals surface area contributed by atoms with Crippen LogP contribution in [0.1, 0.15) is 11.3 Å². The molecule has 0 spiro atoms. The maximum atomic E-state index is 9.36. The van der Waals surface area contributed by atoms with Crippen molar-refractivity contribution in [2.75, 3.05) is 50.7 Å². The SMILES string of the molecule is COc1cc(CNc2cc(N3CCOCC3)cnc2C#N)cc(OC)c1. The molecule has 2 heterocycles. The largest absolute Gasteiger partial charge is 0.497 e. The number of methoxy groups -OCH3 is 2. The van der Waals surface area contributed by atoms with E-state index in [2.05, 4.69) is 21.3 Å². The second-order valence-corrected chi connectivity index (χ2v) is 5.88. The van der Waals surface area contributed by atoms with Gasteiger partial charge in [0.1, 0.15) is 17.6 Å². The Balaban J connectivity index is 1.79. The van der Waals surface area contributed by atoms with Crippen LogP contribution in [0.15, 0.2) is 30.5 Å². The van der Waals surface area contributed by atoms with Crippen LogP contribution in [0.3, 0.4) is 0 Å². The Morgan fingerprint density at radius 1 is 1.15 bits per heavy atom. The molecule has 1 aromatic heterocycles. The number of nitriles is 1. The lowest BCUT2D eigenvalue weighted by molar-refractivity contribution is 0.122. The van der Waals surface area contributed by atoms with Crippen molar-refractivity contribution >= 4 is 11.4 Å². The van der Waals surface area contributed by atoms with Gasteiger partial charge in [-0.05, 0) is 23.8 Å². The number of nitrogens with one attached hydrogen (secondary N) is 1. The highest BCUT2D eigenvalue weighted by molar-refractivity contribution is 5.62. The Hall–Kier alpha value is -2.98. The van der Waals surface area contributed by atoms with Crippen molar-refractivity contribution in [1.29, 1.82) is 5.26 Å². The van der Waals surface area contributed by atoms with Gasteiger partial charge >= 0.3 is 0 Å². The Morgan fingerprint density at radius 3 is 2.46 bits per heavy atom. The lowest BCUT2D eigenvalue weighted by atomic mass is 10.2. The van der Waals surface area contributed by atoms with Crippen LogP contribution in [-0.2, 0) is 11.3 Å². The van der Waals surface area contributed by atoms with E-state index >= 15 is 0 Å². The van der Waals surface area contributed by atoms with Gasteiger partial charge in [0.15, 0.2) is 5.69 Å². The molecular weight excluding hydrogens is 332 g/mol. The maximum Gasteiger partial charge on any atom is 0.163 e. The minimum absolute atomic E-state index is 0.372. The normalized spacial score (nSPS) is 13.8. The van der Waals surface area contributed by atoms with Crippen LogP contribution >= 0.6 is 0 Å². The number of nitrogens with zero attached hydrogens (tertiary/aromatic N) is 3. The fourth-order valence-electron chi connectivity index (χ4n) is 2.84. The van der Waals surface area contributed by atoms with Gasteiger partial charge in [0.2, 0.25) is 0 Å². The molecule has 0 atom stereocenters. The zero-order chi connectivity index (χ0) is 18.4. The molecule has 1 saturated heterocycles. The fourth-order valence-corrected chi connectivity index (χ4v) is 2.84. The van der Waals surface area contributed by atoms with Gasteiger partial charge in [-0.2, -0.15) is 5.26 Å². The van der Waals surface area contributed by atoms with E-state index in [9.17, 15) is 5.26 Å². The first-order chi connectivity index (χ1) is 12.7. The van der Waals surface area contributed by atoms with Crippen LogP contribution in [0.2, 0.25) is 0 Å². The summed E-state index contributed by atoms with van der Waals surface area (Å²) < 4.78 is 16.0. The molecule has 1 N–H and O–H groups in total. The highest BCUT2D eigenvalue weighted by atomic mass is 16.5. The third-order valence-corrected chi connectivity index (χ3v) is 4.25. The summed E-state index contributed by atoms with van der Waals surface area (Å²) in [6, 6.07) is 9.79. The standard InChI is InChI=1S/C19H22N4O3/c1-24-16-7-14(8-17(10-16)25-2)12-21-18-9-15(13-22-19(18)11-20)23-3-5-26-6-4-23/h7-10,13,21H,3-6,12H2,1-2H3. The second kappa shape index (κ2) is 8.41. The van der Waals surface area contributed by atoms with E-state index in [1.165, 1.54) is 0 Å². The third-order valence-electron chi connectivity index (χ3n) is 4.25. The second-order valence-electron chi connectivity index (χ2n) is 5.88. The van der Waals surface area contributed by atoms with E-state index in [4.69, 9.17) is 14.2 Å². The number of aromatic nitrogens is 1. The number of morpholine rings is 1. The van der Waals surface area contributed by atoms with E-state index in [-0.39, 0.29) is 0 Å². The molecular formula is C19H22N4O3. The summed E-state index contributed by atoms with van der Waals surface area (Å²) in [4.78, 5) is 6.50. The van der Waals surface area contributed by atoms with Crippen molar-refractivity contribution in [2.45, 2.75) is 6.54 Å². The van der Waals surface area contributed by atoms with Crippen LogP contribution in [-0.4, -0.2) is 45.5 Å². The van der Waals surface area contributed by atoms with Crippen molar-refractivity contribution in [3.8, 4) is 17.6 Å². The number of hydrogen-bond acceptors (Lipinski definition) is 7. The summed E-state index contributed by atoms with van der Waals surface area (Å²) >= 11 is 0. The predicted molar refractivity (Wildman–Crippen MR) is 98.9 cm³/mol. The maximum absolute atomic E-state index is 9.36. The molecule has 0 bridgehead atoms. The van der Waals surface area contributed by atoms with Gasteiger partial charge in [-0.15, -0.1) is 0 Å². The summed E-state index contributed by atoms with van der Waals surface area (Å²) in [5.74, 6) is 1.45. The molecule has 7 nitrogen and oxygen atoms in total. The quantitative estimate of drug-likeness (QED) is 0.853. The summed E-state index contributed by atoms with van der Waals surface area (Å²) in [5, 5.41) is 12.7. The number of anilines is 2. The lowest BCUT2D eigenvalue weighted by Crippen LogP contribution is -2.36. The van der Waals surface area contributed by atoms with Crippen LogP contribution in [0.4, 0.5) is 11.4 Å². The molecule has 0 radical (unpaired) electrons. The van der Waals surface area contributed by atoms with Crippen molar-refractivity contribution < 1.29 is 14.2 Å². The minimum atomic E-state index is 0.372. The third kappa shape index (κ3) is 4.16. The molecule has 1 fully saturated rings. The number of pyridine rings is 1. The molecule has 2 aromatic rings. The summed E-state index contributed by atoms with van der Waals surface area (Å²) in [6.07, 6.45) is 1.74. The Labute approximate surface area is 153 Å². The van der Waals surface area contributed by atoms with Crippen molar-refractivity contribution in [2.24, 2.45) is 0 Å². The van der Waals surface area contributed by atoms with E-state index in [1.807, 2.05) is 24.3 Å². The summed E-state index contributed by atoms with van der Waals surface area (Å²) in [6.45, 7) is 3.56. The molecule has 0 aliphatic carbocycles. The van der Waals surface area contributed by atoms with Gasteiger partial charge in [0.05, 0.1) is 45.0 Å². The van der Waals surface area contributed by atoms with Gasteiger partial charge < -0.3 is 24.4 Å². The van der Waals surface area contributed by atoms with Crippen LogP contribution in [0.25, 0.3) is 0 Å². The van der Waals surface area contributed by atoms with Gasteiger partial charge in [-0.1, -0.05) is 0 Å². The Bertz CT molecular complexity index is 776. The van der Waals surface area contributed by atoms with E-state index in [1.54, 1.807) is 20.4 Å². The van der Waals surface area contributed by atoms with Crippen molar-refractivity contribution in [3.63, 3.8) is 0 Å². The molecule has 1 aromatic carbocycles. The Kier molecular flexibility index (Phi) is 5.77. The smallest absolute Gasteiger partial charge is 0.163 e. The molecule has 0 saturated carbocycles. The van der Waals surface area contributed by atoms with Crippen molar-refractivity contribution in [1.82, 2.24) is 4.98 Å². The fraction of sp³-hybridized carbons (Fsp3) is 0.368. The first-order valence-corrected chi connectivity index (χ1v) is 8.42. The molecule has 7 heteroatoms. The molecule has 136 valence electrons. The number of rotatable bonds is 6. The highest BCUT2D eigenvalue weighted by Gasteiger charge is 2.14. The summed E-state index contributed by atoms with van der Waals surface area (Å²) in [7, 11) is 3.24. The molecule has 1 aliphatic heterocycles. The number of benzene rings is 1. The van der Waals surface area contributed by atoms with Gasteiger partial charge in [-0.25, -0.2) is 4.98 Å². The number of hydrogen-bond donors (Lipinski definition) is 1. The highest BCUT2D eigenvalue weighted by Crippen LogP contribution is 2.25. The average Bonchev–Trinajstić information content (AvgIpc) is 2.72. The number of ether oxygens (including phenoxy) is 3. The Morgan fingerprint density at radius 2 is 1.85 bits per heavy atom. The van der Waals surface area contributed by atoms with Gasteiger partial charge in [-0.3, -0.25) is 0 Å². The van der Waals surface area contributed by atoms with E-state index < -0.39 is 0 Å². The zero-order valence-corrected chi connectivity index (χ0v) is 15.0. The average molecular weight is 354 g/mol. The zero-order valence-electron chi connectivity index (χ0n) is 15.0. The van der Waals surface area contributed by atoms with Crippen LogP contribution in [0.5, 0.6) is 11.5 Å². The van der Waals surface area contributed by atoms with E-state index in [0.29, 0.717) is 31.1 Å². The van der Waals surface area contributed by atoms with Crippen LogP contribution < -0.4 is 19.7 Å². The predicted octanol–water partition coefficient (Wildman–Crippen LogP) is 2.42. The topological polar surface area (TPSA) is 79.6 Å². The van der Waals surface area contributed by atoms with Gasteiger partial charge in [0.25, 0.3) is 0 Å². The first-order valence-electron chi connectivity index (χ1n) is 8.42. The molecule has 0 amide bonds. The lowest BCUT2D eigenvalue weighted by Gasteiger charge is -2.29. The molecule has 1 aliphatic rings. The monoisotopic (exact) mass is 354 g/mol. The van der Waals surface area contributed by atoms with Gasteiger partial charge in [0, 0.05) is 25.7 Å². The molecule has 26 heavy (non-hydrogen) atoms. The summed E-state index contributed by atoms with van der Waals surface area (Å²) in [5.41, 5.74) is 3.05.